The van der Waals surface area contributed by atoms with Crippen molar-refractivity contribution in [2.75, 3.05) is 39.3 Å². The van der Waals surface area contributed by atoms with Gasteiger partial charge in [-0.2, -0.15) is 17.0 Å². The van der Waals surface area contributed by atoms with Gasteiger partial charge in [0.2, 0.25) is 0 Å². The number of piperazine rings is 1. The van der Waals surface area contributed by atoms with Crippen molar-refractivity contribution in [1.29, 1.82) is 0 Å². The molecule has 0 aromatic heterocycles. The Morgan fingerprint density at radius 1 is 1.44 bits per heavy atom. The van der Waals surface area contributed by atoms with Gasteiger partial charge >= 0.3 is 0 Å². The van der Waals surface area contributed by atoms with Crippen molar-refractivity contribution in [2.24, 2.45) is 0 Å². The van der Waals surface area contributed by atoms with Crippen LogP contribution in [0.1, 0.15) is 13.3 Å². The predicted molar refractivity (Wildman–Crippen MR) is 65.4 cm³/mol. The zero-order chi connectivity index (χ0) is 12.0. The molecule has 0 aromatic rings. The average molecular weight is 247 g/mol. The molecule has 6 heteroatoms. The summed E-state index contributed by atoms with van der Waals surface area (Å²) in [5.74, 6) is 0. The molecule has 1 saturated heterocycles. The largest absolute Gasteiger partial charge is 0.314 e. The van der Waals surface area contributed by atoms with Crippen molar-refractivity contribution in [3.05, 3.63) is 12.7 Å². The summed E-state index contributed by atoms with van der Waals surface area (Å²) in [6, 6.07) is 0. The highest BCUT2D eigenvalue weighted by molar-refractivity contribution is 7.86. The van der Waals surface area contributed by atoms with Crippen molar-refractivity contribution in [1.82, 2.24) is 13.9 Å². The lowest BCUT2D eigenvalue weighted by atomic mass is 10.4. The highest BCUT2D eigenvalue weighted by Crippen LogP contribution is 2.10. The summed E-state index contributed by atoms with van der Waals surface area (Å²) >= 11 is 0. The molecule has 1 rings (SSSR count). The highest BCUT2D eigenvalue weighted by Gasteiger charge is 2.29. The quantitative estimate of drug-likeness (QED) is 0.674. The van der Waals surface area contributed by atoms with Gasteiger partial charge in [0, 0.05) is 39.3 Å². The number of nitrogens with zero attached hydrogens (tertiary/aromatic N) is 2. The molecule has 0 bridgehead atoms. The smallest absolute Gasteiger partial charge is 0.282 e. The fourth-order valence-electron chi connectivity index (χ4n) is 1.73. The molecule has 0 aromatic carbocycles. The Morgan fingerprint density at radius 2 is 2.06 bits per heavy atom. The van der Waals surface area contributed by atoms with Gasteiger partial charge in [-0.1, -0.05) is 13.0 Å². The van der Waals surface area contributed by atoms with E-state index in [0.29, 0.717) is 26.2 Å². The summed E-state index contributed by atoms with van der Waals surface area (Å²) < 4.78 is 27.5. The number of hydrogen-bond acceptors (Lipinski definition) is 3. The standard InChI is InChI=1S/C10H21N3O2S/c1-3-7-12(8-4-2)16(14,15)13-9-5-11-6-10-13/h3,11H,1,4-10H2,2H3. The molecule has 0 spiro atoms. The molecule has 1 heterocycles. The fourth-order valence-corrected chi connectivity index (χ4v) is 3.41. The van der Waals surface area contributed by atoms with E-state index < -0.39 is 10.2 Å². The Hall–Kier alpha value is -0.430. The normalized spacial score (nSPS) is 18.9. The van der Waals surface area contributed by atoms with Crippen LogP contribution in [0.5, 0.6) is 0 Å². The van der Waals surface area contributed by atoms with E-state index in [-0.39, 0.29) is 0 Å². The van der Waals surface area contributed by atoms with E-state index in [0.717, 1.165) is 19.5 Å². The maximum Gasteiger partial charge on any atom is 0.282 e. The second-order valence-corrected chi connectivity index (χ2v) is 5.73. The van der Waals surface area contributed by atoms with E-state index in [9.17, 15) is 8.42 Å². The Morgan fingerprint density at radius 3 is 2.56 bits per heavy atom. The van der Waals surface area contributed by atoms with Crippen LogP contribution < -0.4 is 5.32 Å². The second-order valence-electron chi connectivity index (χ2n) is 3.80. The minimum Gasteiger partial charge on any atom is -0.314 e. The van der Waals surface area contributed by atoms with Gasteiger partial charge in [0.25, 0.3) is 10.2 Å². The molecule has 0 radical (unpaired) electrons. The van der Waals surface area contributed by atoms with Crippen LogP contribution in [-0.2, 0) is 10.2 Å². The van der Waals surface area contributed by atoms with E-state index >= 15 is 0 Å². The predicted octanol–water partition coefficient (Wildman–Crippen LogP) is 0.0344. The zero-order valence-electron chi connectivity index (χ0n) is 9.85. The van der Waals surface area contributed by atoms with Gasteiger partial charge < -0.3 is 5.32 Å². The van der Waals surface area contributed by atoms with Gasteiger partial charge in [-0.15, -0.1) is 6.58 Å². The third kappa shape index (κ3) is 3.28. The first-order chi connectivity index (χ1) is 7.62. The summed E-state index contributed by atoms with van der Waals surface area (Å²) in [5.41, 5.74) is 0. The van der Waals surface area contributed by atoms with Crippen LogP contribution in [0.15, 0.2) is 12.7 Å². The first-order valence-electron chi connectivity index (χ1n) is 5.69. The van der Waals surface area contributed by atoms with Crippen LogP contribution in [-0.4, -0.2) is 56.3 Å². The van der Waals surface area contributed by atoms with Crippen LogP contribution in [0.2, 0.25) is 0 Å². The maximum atomic E-state index is 12.2. The molecule has 0 unspecified atom stereocenters. The van der Waals surface area contributed by atoms with Crippen molar-refractivity contribution in [3.8, 4) is 0 Å². The molecule has 0 atom stereocenters. The maximum absolute atomic E-state index is 12.2. The van der Waals surface area contributed by atoms with Crippen molar-refractivity contribution in [2.45, 2.75) is 13.3 Å². The van der Waals surface area contributed by atoms with Gasteiger partial charge in [0.15, 0.2) is 0 Å². The molecule has 0 amide bonds. The van der Waals surface area contributed by atoms with E-state index in [1.807, 2.05) is 6.92 Å². The first-order valence-corrected chi connectivity index (χ1v) is 7.09. The number of nitrogens with one attached hydrogen (secondary N) is 1. The summed E-state index contributed by atoms with van der Waals surface area (Å²) in [7, 11) is -3.29. The second kappa shape index (κ2) is 6.34. The number of hydrogen-bond donors (Lipinski definition) is 1. The first kappa shape index (κ1) is 13.6. The van der Waals surface area contributed by atoms with Crippen LogP contribution >= 0.6 is 0 Å². The lowest BCUT2D eigenvalue weighted by molar-refractivity contribution is 0.319. The molecule has 16 heavy (non-hydrogen) atoms. The molecule has 1 aliphatic rings. The zero-order valence-corrected chi connectivity index (χ0v) is 10.7. The summed E-state index contributed by atoms with van der Waals surface area (Å²) in [5, 5.41) is 3.14. The van der Waals surface area contributed by atoms with Crippen LogP contribution in [0.3, 0.4) is 0 Å². The lowest BCUT2D eigenvalue weighted by Crippen LogP contribution is -2.51. The van der Waals surface area contributed by atoms with Crippen molar-refractivity contribution < 1.29 is 8.42 Å². The Balaban J connectivity index is 2.74. The number of rotatable bonds is 6. The highest BCUT2D eigenvalue weighted by atomic mass is 32.2. The SMILES string of the molecule is C=CCN(CCC)S(=O)(=O)N1CCNCC1. The summed E-state index contributed by atoms with van der Waals surface area (Å²) in [4.78, 5) is 0. The molecule has 1 aliphatic heterocycles. The lowest BCUT2D eigenvalue weighted by Gasteiger charge is -2.31. The molecule has 0 aliphatic carbocycles. The van der Waals surface area contributed by atoms with E-state index in [4.69, 9.17) is 0 Å². The molecular weight excluding hydrogens is 226 g/mol. The van der Waals surface area contributed by atoms with E-state index in [2.05, 4.69) is 11.9 Å². The van der Waals surface area contributed by atoms with Crippen LogP contribution in [0, 0.1) is 0 Å². The topological polar surface area (TPSA) is 52.7 Å². The van der Waals surface area contributed by atoms with Crippen molar-refractivity contribution >= 4 is 10.2 Å². The third-order valence-corrected chi connectivity index (χ3v) is 4.54. The van der Waals surface area contributed by atoms with E-state index in [1.165, 1.54) is 4.31 Å². The summed E-state index contributed by atoms with van der Waals surface area (Å²) in [6.45, 7) is 9.09. The summed E-state index contributed by atoms with van der Waals surface area (Å²) in [6.07, 6.45) is 2.45. The minimum absolute atomic E-state index is 0.389. The monoisotopic (exact) mass is 247 g/mol. The van der Waals surface area contributed by atoms with Crippen LogP contribution in [0.4, 0.5) is 0 Å². The van der Waals surface area contributed by atoms with E-state index in [1.54, 1.807) is 10.4 Å². The minimum atomic E-state index is -3.29. The van der Waals surface area contributed by atoms with Crippen molar-refractivity contribution in [3.63, 3.8) is 0 Å². The molecule has 94 valence electrons. The van der Waals surface area contributed by atoms with Gasteiger partial charge in [-0.25, -0.2) is 0 Å². The Labute approximate surface area is 98.3 Å². The third-order valence-electron chi connectivity index (χ3n) is 2.53. The van der Waals surface area contributed by atoms with Gasteiger partial charge in [-0.05, 0) is 6.42 Å². The van der Waals surface area contributed by atoms with Gasteiger partial charge in [0.05, 0.1) is 0 Å². The average Bonchev–Trinajstić information content (AvgIpc) is 2.30. The Kier molecular flexibility index (Phi) is 5.40. The van der Waals surface area contributed by atoms with Crippen LogP contribution in [0.25, 0.3) is 0 Å². The van der Waals surface area contributed by atoms with Gasteiger partial charge in [-0.3, -0.25) is 0 Å². The molecule has 1 fully saturated rings. The van der Waals surface area contributed by atoms with Gasteiger partial charge in [0.1, 0.15) is 0 Å². The molecule has 0 saturated carbocycles. The molecule has 5 nitrogen and oxygen atoms in total. The fraction of sp³-hybridized carbons (Fsp3) is 0.800. The molecular formula is C10H21N3O2S. The molecule has 1 N–H and O–H groups in total. The Bertz CT molecular complexity index is 310.